The number of hydrogen-bond donors (Lipinski definition) is 2. The molecule has 0 aliphatic heterocycles. The van der Waals surface area contributed by atoms with Gasteiger partial charge < -0.3 is 10.6 Å². The van der Waals surface area contributed by atoms with Gasteiger partial charge in [0.25, 0.3) is 0 Å². The van der Waals surface area contributed by atoms with Gasteiger partial charge in [0.2, 0.25) is 0 Å². The number of anilines is 1. The van der Waals surface area contributed by atoms with Crippen molar-refractivity contribution in [1.29, 1.82) is 5.26 Å². The zero-order valence-corrected chi connectivity index (χ0v) is 14.8. The minimum absolute atomic E-state index is 0.0893. The van der Waals surface area contributed by atoms with Crippen LogP contribution >= 0.6 is 11.3 Å². The normalized spacial score (nSPS) is 23.0. The molecule has 0 bridgehead atoms. The number of carbonyl (C=O) groups excluding carboxylic acids is 2. The molecule has 1 heterocycles. The van der Waals surface area contributed by atoms with E-state index in [9.17, 15) is 14.9 Å². The van der Waals surface area contributed by atoms with Crippen LogP contribution in [-0.4, -0.2) is 17.9 Å². The van der Waals surface area contributed by atoms with Crippen molar-refractivity contribution in [3.63, 3.8) is 0 Å². The minimum Gasteiger partial charge on any atom is -0.345 e. The van der Waals surface area contributed by atoms with Crippen molar-refractivity contribution in [3.05, 3.63) is 16.0 Å². The van der Waals surface area contributed by atoms with E-state index in [0.717, 1.165) is 56.9 Å². The van der Waals surface area contributed by atoms with E-state index in [-0.39, 0.29) is 6.04 Å². The number of rotatable bonds is 2. The summed E-state index contributed by atoms with van der Waals surface area (Å²) in [5, 5.41) is 15.4. The first-order valence-corrected chi connectivity index (χ1v) is 9.56. The monoisotopic (exact) mass is 345 g/mol. The zero-order chi connectivity index (χ0) is 17.1. The second-order valence-electron chi connectivity index (χ2n) is 6.91. The lowest BCUT2D eigenvalue weighted by Gasteiger charge is -2.26. The van der Waals surface area contributed by atoms with Gasteiger partial charge in [-0.05, 0) is 62.8 Å². The lowest BCUT2D eigenvalue weighted by molar-refractivity contribution is -0.136. The average molecular weight is 345 g/mol. The highest BCUT2D eigenvalue weighted by Crippen LogP contribution is 2.37. The molecular formula is C18H23N3O2S. The van der Waals surface area contributed by atoms with Crippen molar-refractivity contribution in [2.75, 3.05) is 5.32 Å². The third kappa shape index (κ3) is 3.62. The van der Waals surface area contributed by atoms with E-state index in [1.807, 2.05) is 0 Å². The van der Waals surface area contributed by atoms with Crippen molar-refractivity contribution in [2.24, 2.45) is 5.92 Å². The van der Waals surface area contributed by atoms with Gasteiger partial charge in [-0.1, -0.05) is 6.92 Å². The third-order valence-corrected chi connectivity index (χ3v) is 6.27. The zero-order valence-electron chi connectivity index (χ0n) is 14.0. The van der Waals surface area contributed by atoms with Gasteiger partial charge >= 0.3 is 11.8 Å². The van der Waals surface area contributed by atoms with Gasteiger partial charge in [-0.25, -0.2) is 0 Å². The molecule has 0 saturated heterocycles. The summed E-state index contributed by atoms with van der Waals surface area (Å²) in [6.07, 6.45) is 8.06. The van der Waals surface area contributed by atoms with Crippen LogP contribution in [0.4, 0.5) is 5.00 Å². The van der Waals surface area contributed by atoms with Crippen LogP contribution < -0.4 is 10.6 Å². The van der Waals surface area contributed by atoms with E-state index in [2.05, 4.69) is 23.6 Å². The molecule has 0 aromatic carbocycles. The van der Waals surface area contributed by atoms with Crippen molar-refractivity contribution in [2.45, 2.75) is 64.3 Å². The van der Waals surface area contributed by atoms with Gasteiger partial charge in [0, 0.05) is 10.9 Å². The van der Waals surface area contributed by atoms with Crippen LogP contribution in [0.3, 0.4) is 0 Å². The number of thiophene rings is 1. The molecule has 1 saturated carbocycles. The highest BCUT2D eigenvalue weighted by molar-refractivity contribution is 7.16. The lowest BCUT2D eigenvalue weighted by atomic mass is 9.87. The van der Waals surface area contributed by atoms with E-state index in [1.54, 1.807) is 0 Å². The van der Waals surface area contributed by atoms with Gasteiger partial charge in [-0.2, -0.15) is 5.26 Å². The Kier molecular flexibility index (Phi) is 5.20. The summed E-state index contributed by atoms with van der Waals surface area (Å²) in [7, 11) is 0. The summed E-state index contributed by atoms with van der Waals surface area (Å²) >= 11 is 1.44. The van der Waals surface area contributed by atoms with Crippen molar-refractivity contribution in [3.8, 4) is 6.07 Å². The van der Waals surface area contributed by atoms with Crippen LogP contribution in [0.25, 0.3) is 0 Å². The molecule has 0 radical (unpaired) electrons. The molecule has 5 nitrogen and oxygen atoms in total. The number of nitrogens with one attached hydrogen (secondary N) is 2. The molecule has 1 aromatic heterocycles. The Bertz CT molecular complexity index is 681. The molecule has 2 aliphatic rings. The number of nitriles is 1. The molecule has 128 valence electrons. The van der Waals surface area contributed by atoms with Crippen LogP contribution in [0.2, 0.25) is 0 Å². The topological polar surface area (TPSA) is 82.0 Å². The predicted molar refractivity (Wildman–Crippen MR) is 93.9 cm³/mol. The summed E-state index contributed by atoms with van der Waals surface area (Å²) in [4.78, 5) is 25.5. The number of aryl methyl sites for hydroxylation is 1. The Morgan fingerprint density at radius 1 is 1.12 bits per heavy atom. The van der Waals surface area contributed by atoms with Gasteiger partial charge in [0.1, 0.15) is 11.1 Å². The maximum absolute atomic E-state index is 12.2. The Labute approximate surface area is 146 Å². The lowest BCUT2D eigenvalue weighted by Crippen LogP contribution is -2.43. The Morgan fingerprint density at radius 2 is 1.83 bits per heavy atom. The maximum atomic E-state index is 12.2. The van der Waals surface area contributed by atoms with E-state index in [4.69, 9.17) is 0 Å². The molecule has 24 heavy (non-hydrogen) atoms. The maximum Gasteiger partial charge on any atom is 0.314 e. The molecule has 0 spiro atoms. The second-order valence-corrected chi connectivity index (χ2v) is 8.02. The molecule has 1 fully saturated rings. The van der Waals surface area contributed by atoms with E-state index < -0.39 is 11.8 Å². The summed E-state index contributed by atoms with van der Waals surface area (Å²) < 4.78 is 0. The fourth-order valence-electron chi connectivity index (χ4n) is 3.59. The Morgan fingerprint density at radius 3 is 2.54 bits per heavy atom. The highest BCUT2D eigenvalue weighted by Gasteiger charge is 2.26. The summed E-state index contributed by atoms with van der Waals surface area (Å²) in [6.45, 7) is 2.22. The molecule has 2 N–H and O–H groups in total. The Hall–Kier alpha value is -1.87. The first-order valence-electron chi connectivity index (χ1n) is 8.75. The van der Waals surface area contributed by atoms with Crippen molar-refractivity contribution >= 4 is 28.2 Å². The fourth-order valence-corrected chi connectivity index (χ4v) is 4.82. The molecule has 1 aromatic rings. The van der Waals surface area contributed by atoms with Crippen LogP contribution in [0.5, 0.6) is 0 Å². The minimum atomic E-state index is -0.663. The summed E-state index contributed by atoms with van der Waals surface area (Å²) in [5.74, 6) is -0.559. The summed E-state index contributed by atoms with van der Waals surface area (Å²) in [5.41, 5.74) is 1.60. The number of carbonyl (C=O) groups is 2. The highest BCUT2D eigenvalue weighted by atomic mass is 32.1. The molecule has 0 atom stereocenters. The number of hydrogen-bond acceptors (Lipinski definition) is 4. The molecule has 3 rings (SSSR count). The second kappa shape index (κ2) is 7.35. The first-order chi connectivity index (χ1) is 11.6. The van der Waals surface area contributed by atoms with Gasteiger partial charge in [-0.15, -0.1) is 11.3 Å². The first kappa shape index (κ1) is 17.0. The molecular weight excluding hydrogens is 322 g/mol. The van der Waals surface area contributed by atoms with Crippen molar-refractivity contribution < 1.29 is 9.59 Å². The predicted octanol–water partition coefficient (Wildman–Crippen LogP) is 3.13. The SMILES string of the molecule is CC1CCC(NC(=O)C(=O)Nc2sc3c(c2C#N)CCCC3)CC1. The van der Waals surface area contributed by atoms with Gasteiger partial charge in [0.05, 0.1) is 5.56 Å². The number of amides is 2. The molecule has 2 amide bonds. The standard InChI is InChI=1S/C18H23N3O2S/c1-11-6-8-12(9-7-11)20-16(22)17(23)21-18-14(10-19)13-4-2-3-5-15(13)24-18/h11-12H,2-9H2,1H3,(H,20,22)(H,21,23). The molecule has 6 heteroatoms. The largest absolute Gasteiger partial charge is 0.345 e. The van der Waals surface area contributed by atoms with Gasteiger partial charge in [-0.3, -0.25) is 9.59 Å². The van der Waals surface area contributed by atoms with Crippen LogP contribution in [-0.2, 0) is 22.4 Å². The smallest absolute Gasteiger partial charge is 0.314 e. The summed E-state index contributed by atoms with van der Waals surface area (Å²) in [6, 6.07) is 2.29. The van der Waals surface area contributed by atoms with E-state index >= 15 is 0 Å². The van der Waals surface area contributed by atoms with Crippen LogP contribution in [0.15, 0.2) is 0 Å². The van der Waals surface area contributed by atoms with Crippen molar-refractivity contribution in [1.82, 2.24) is 5.32 Å². The number of fused-ring (bicyclic) bond motifs is 1. The average Bonchev–Trinajstić information content (AvgIpc) is 2.93. The van der Waals surface area contributed by atoms with E-state index in [1.165, 1.54) is 16.2 Å². The van der Waals surface area contributed by atoms with E-state index in [0.29, 0.717) is 16.5 Å². The number of nitrogens with zero attached hydrogens (tertiary/aromatic N) is 1. The van der Waals surface area contributed by atoms with Crippen LogP contribution in [0, 0.1) is 17.2 Å². The third-order valence-electron chi connectivity index (χ3n) is 5.07. The van der Waals surface area contributed by atoms with Crippen LogP contribution in [0.1, 0.15) is 61.5 Å². The van der Waals surface area contributed by atoms with Gasteiger partial charge in [0.15, 0.2) is 0 Å². The molecule has 0 unspecified atom stereocenters. The molecule has 2 aliphatic carbocycles. The quantitative estimate of drug-likeness (QED) is 0.808. The Balaban J connectivity index is 1.63. The fraction of sp³-hybridized carbons (Fsp3) is 0.611.